The van der Waals surface area contributed by atoms with Crippen molar-refractivity contribution in [2.24, 2.45) is 0 Å². The monoisotopic (exact) mass is 450 g/mol. The highest BCUT2D eigenvalue weighted by molar-refractivity contribution is 5.48. The number of allylic oxidation sites excluding steroid dienone is 4. The molecule has 3 aliphatic carbocycles. The fourth-order valence-electron chi connectivity index (χ4n) is 5.46. The number of aliphatic hydroxyl groups excluding tert-OH is 3. The number of hydrogen-bond donors (Lipinski definition) is 3. The summed E-state index contributed by atoms with van der Waals surface area (Å²) in [5.41, 5.74) is 3.72. The van der Waals surface area contributed by atoms with Crippen molar-refractivity contribution in [3.63, 3.8) is 0 Å². The van der Waals surface area contributed by atoms with Gasteiger partial charge in [0.1, 0.15) is 49.0 Å². The van der Waals surface area contributed by atoms with E-state index >= 15 is 0 Å². The van der Waals surface area contributed by atoms with E-state index in [0.717, 1.165) is 42.6 Å². The molecule has 1 spiro atoms. The van der Waals surface area contributed by atoms with Crippen molar-refractivity contribution >= 4 is 0 Å². The van der Waals surface area contributed by atoms with E-state index in [2.05, 4.69) is 30.4 Å². The van der Waals surface area contributed by atoms with Crippen LogP contribution in [0.25, 0.3) is 0 Å². The zero-order valence-electron chi connectivity index (χ0n) is 18.5. The summed E-state index contributed by atoms with van der Waals surface area (Å²) >= 11 is 0. The van der Waals surface area contributed by atoms with Crippen molar-refractivity contribution in [1.82, 2.24) is 0 Å². The highest BCUT2D eigenvalue weighted by Gasteiger charge is 2.60. The Balaban J connectivity index is 1.43. The van der Waals surface area contributed by atoms with Crippen LogP contribution >= 0.6 is 0 Å². The summed E-state index contributed by atoms with van der Waals surface area (Å²) in [4.78, 5) is 0. The van der Waals surface area contributed by atoms with E-state index in [9.17, 15) is 15.3 Å². The maximum absolute atomic E-state index is 10.8. The summed E-state index contributed by atoms with van der Waals surface area (Å²) in [6.45, 7) is 0. The van der Waals surface area contributed by atoms with Crippen molar-refractivity contribution < 1.29 is 29.5 Å². The van der Waals surface area contributed by atoms with Crippen molar-refractivity contribution in [2.75, 3.05) is 0 Å². The highest BCUT2D eigenvalue weighted by atomic mass is 16.6. The minimum Gasteiger partial charge on any atom is -0.466 e. The second-order valence-electron chi connectivity index (χ2n) is 9.88. The van der Waals surface area contributed by atoms with E-state index in [0.29, 0.717) is 18.8 Å². The van der Waals surface area contributed by atoms with Gasteiger partial charge < -0.3 is 29.5 Å². The van der Waals surface area contributed by atoms with Gasteiger partial charge in [-0.15, -0.1) is 0 Å². The van der Waals surface area contributed by atoms with E-state index in [4.69, 9.17) is 14.2 Å². The molecule has 33 heavy (non-hydrogen) atoms. The van der Waals surface area contributed by atoms with E-state index in [1.165, 1.54) is 17.4 Å². The molecule has 5 atom stereocenters. The zero-order chi connectivity index (χ0) is 22.6. The lowest BCUT2D eigenvalue weighted by Crippen LogP contribution is -2.55. The molecule has 2 saturated carbocycles. The first-order valence-corrected chi connectivity index (χ1v) is 12.0. The lowest BCUT2D eigenvalue weighted by molar-refractivity contribution is -0.236. The SMILES string of the molecule is O[C@@H]1[C@@H](O)[C@H](O)C2(CC2)O[C@H]1c1ccc(C2CC2)c(C(C2=CC=CCC2)C2=COC=CO2)c1. The summed E-state index contributed by atoms with van der Waals surface area (Å²) in [5.74, 6) is 1.13. The molecule has 2 aliphatic heterocycles. The number of aliphatic hydroxyl groups is 3. The Morgan fingerprint density at radius 1 is 1.03 bits per heavy atom. The lowest BCUT2D eigenvalue weighted by Gasteiger charge is -2.41. The number of rotatable bonds is 5. The second-order valence-corrected chi connectivity index (χ2v) is 9.88. The molecule has 1 aromatic carbocycles. The zero-order valence-corrected chi connectivity index (χ0v) is 18.5. The maximum atomic E-state index is 10.8. The fraction of sp³-hybridized carbons (Fsp3) is 0.481. The molecule has 3 N–H and O–H groups in total. The Labute approximate surface area is 193 Å². The Morgan fingerprint density at radius 2 is 1.88 bits per heavy atom. The molecule has 0 bridgehead atoms. The van der Waals surface area contributed by atoms with Crippen LogP contribution in [0.4, 0.5) is 0 Å². The minimum atomic E-state index is -1.23. The summed E-state index contributed by atoms with van der Waals surface area (Å²) in [6.07, 6.45) is 12.6. The van der Waals surface area contributed by atoms with Crippen LogP contribution in [0.1, 0.15) is 73.2 Å². The van der Waals surface area contributed by atoms with Crippen LogP contribution in [0, 0.1) is 0 Å². The predicted molar refractivity (Wildman–Crippen MR) is 121 cm³/mol. The van der Waals surface area contributed by atoms with Crippen LogP contribution in [0.5, 0.6) is 0 Å². The molecule has 6 nitrogen and oxygen atoms in total. The first kappa shape index (κ1) is 21.2. The average molecular weight is 451 g/mol. The van der Waals surface area contributed by atoms with Crippen LogP contribution in [0.2, 0.25) is 0 Å². The van der Waals surface area contributed by atoms with E-state index in [1.54, 1.807) is 12.5 Å². The molecule has 1 saturated heterocycles. The average Bonchev–Trinajstić information content (AvgIpc) is 3.78. The Bertz CT molecular complexity index is 1040. The Hall–Kier alpha value is -2.38. The van der Waals surface area contributed by atoms with Gasteiger partial charge in [0.05, 0.1) is 11.5 Å². The largest absolute Gasteiger partial charge is 0.466 e. The summed E-state index contributed by atoms with van der Waals surface area (Å²) in [6, 6.07) is 6.25. The molecule has 2 heterocycles. The first-order valence-electron chi connectivity index (χ1n) is 12.0. The van der Waals surface area contributed by atoms with Gasteiger partial charge >= 0.3 is 0 Å². The Kier molecular flexibility index (Phi) is 5.22. The molecule has 6 rings (SSSR count). The molecule has 0 radical (unpaired) electrons. The van der Waals surface area contributed by atoms with E-state index < -0.39 is 30.0 Å². The van der Waals surface area contributed by atoms with Gasteiger partial charge in [-0.3, -0.25) is 0 Å². The van der Waals surface area contributed by atoms with Crippen molar-refractivity contribution in [3.05, 3.63) is 83.2 Å². The smallest absolute Gasteiger partial charge is 0.150 e. The van der Waals surface area contributed by atoms with Crippen molar-refractivity contribution in [2.45, 2.75) is 80.4 Å². The molecule has 6 heteroatoms. The van der Waals surface area contributed by atoms with Gasteiger partial charge in [-0.2, -0.15) is 0 Å². The van der Waals surface area contributed by atoms with Crippen LogP contribution in [0.15, 0.2) is 66.5 Å². The molecule has 1 unspecified atom stereocenters. The summed E-state index contributed by atoms with van der Waals surface area (Å²) < 4.78 is 17.6. The molecular formula is C27H30O6. The fourth-order valence-corrected chi connectivity index (χ4v) is 5.46. The van der Waals surface area contributed by atoms with Crippen molar-refractivity contribution in [1.29, 1.82) is 0 Å². The second kappa shape index (κ2) is 8.13. The Morgan fingerprint density at radius 3 is 2.55 bits per heavy atom. The molecule has 0 aromatic heterocycles. The first-order chi connectivity index (χ1) is 16.1. The minimum absolute atomic E-state index is 0.110. The normalized spacial score (nSPS) is 33.1. The molecule has 3 fully saturated rings. The summed E-state index contributed by atoms with van der Waals surface area (Å²) in [7, 11) is 0. The molecule has 5 aliphatic rings. The van der Waals surface area contributed by atoms with E-state index in [1.807, 2.05) is 6.07 Å². The molecule has 174 valence electrons. The molecule has 0 amide bonds. The van der Waals surface area contributed by atoms with Gasteiger partial charge in [0.25, 0.3) is 0 Å². The predicted octanol–water partition coefficient (Wildman–Crippen LogP) is 3.97. The highest BCUT2D eigenvalue weighted by Crippen LogP contribution is 2.53. The van der Waals surface area contributed by atoms with Gasteiger partial charge in [-0.1, -0.05) is 42.0 Å². The third-order valence-corrected chi connectivity index (χ3v) is 7.62. The standard InChI is InChI=1S/C27H30O6/c28-23-24(29)26(30)27(10-11-27)33-25(23)18-8-9-19(16-6-7-16)20(14-18)22(17-4-2-1-3-5-17)21-15-31-12-13-32-21/h1-2,4,8-9,12-16,22-26,28-30H,3,5-7,10-11H2/t22?,23-,24-,25+,26+/m1/s1. The third kappa shape index (κ3) is 3.75. The number of benzene rings is 1. The van der Waals surface area contributed by atoms with Gasteiger partial charge in [0.15, 0.2) is 0 Å². The maximum Gasteiger partial charge on any atom is 0.150 e. The van der Waals surface area contributed by atoms with Crippen LogP contribution < -0.4 is 0 Å². The van der Waals surface area contributed by atoms with Crippen LogP contribution in [-0.4, -0.2) is 39.2 Å². The van der Waals surface area contributed by atoms with Crippen LogP contribution in [-0.2, 0) is 14.2 Å². The van der Waals surface area contributed by atoms with Gasteiger partial charge in [-0.25, -0.2) is 0 Å². The quantitative estimate of drug-likeness (QED) is 0.629. The van der Waals surface area contributed by atoms with Crippen molar-refractivity contribution in [3.8, 4) is 0 Å². The topological polar surface area (TPSA) is 88.4 Å². The molecule has 1 aromatic rings. The van der Waals surface area contributed by atoms with Crippen LogP contribution in [0.3, 0.4) is 0 Å². The van der Waals surface area contributed by atoms with Gasteiger partial charge in [0.2, 0.25) is 0 Å². The van der Waals surface area contributed by atoms with Gasteiger partial charge in [0, 0.05) is 0 Å². The van der Waals surface area contributed by atoms with Gasteiger partial charge in [-0.05, 0) is 61.1 Å². The molecular weight excluding hydrogens is 420 g/mol. The summed E-state index contributed by atoms with van der Waals surface area (Å²) in [5, 5.41) is 31.8. The van der Waals surface area contributed by atoms with E-state index in [-0.39, 0.29) is 5.92 Å². The number of hydrogen-bond acceptors (Lipinski definition) is 6. The number of ether oxygens (including phenoxy) is 3. The third-order valence-electron chi connectivity index (χ3n) is 7.62. The lowest BCUT2D eigenvalue weighted by atomic mass is 9.80.